The van der Waals surface area contributed by atoms with Crippen LogP contribution < -0.4 is 11.5 Å². The minimum absolute atomic E-state index is 0.234. The Bertz CT molecular complexity index is 386. The van der Waals surface area contributed by atoms with Gasteiger partial charge >= 0.3 is 0 Å². The lowest BCUT2D eigenvalue weighted by atomic mass is 10.0. The predicted molar refractivity (Wildman–Crippen MR) is 60.7 cm³/mol. The molecule has 0 saturated carbocycles. The lowest BCUT2D eigenvalue weighted by Gasteiger charge is -2.12. The third-order valence-electron chi connectivity index (χ3n) is 1.84. The van der Waals surface area contributed by atoms with Gasteiger partial charge in [-0.1, -0.05) is 11.6 Å². The second kappa shape index (κ2) is 4.65. The normalized spacial score (nSPS) is 12.1. The predicted octanol–water partition coefficient (Wildman–Crippen LogP) is 2.60. The first kappa shape index (κ1) is 11.3. The summed E-state index contributed by atoms with van der Waals surface area (Å²) in [5, 5.41) is 9.04. The van der Waals surface area contributed by atoms with Crippen LogP contribution in [-0.4, -0.2) is 0 Å². The third kappa shape index (κ3) is 2.38. The Morgan fingerprint density at radius 2 is 2.21 bits per heavy atom. The van der Waals surface area contributed by atoms with Gasteiger partial charge in [-0.15, -0.1) is 0 Å². The highest BCUT2D eigenvalue weighted by molar-refractivity contribution is 9.10. The zero-order valence-corrected chi connectivity index (χ0v) is 9.64. The summed E-state index contributed by atoms with van der Waals surface area (Å²) in [5.74, 6) is 0. The van der Waals surface area contributed by atoms with Gasteiger partial charge < -0.3 is 11.5 Å². The van der Waals surface area contributed by atoms with E-state index in [2.05, 4.69) is 15.9 Å². The lowest BCUT2D eigenvalue weighted by molar-refractivity contribution is 0.750. The van der Waals surface area contributed by atoms with Crippen LogP contribution in [-0.2, 0) is 0 Å². The van der Waals surface area contributed by atoms with Crippen LogP contribution in [0.4, 0.5) is 5.69 Å². The highest BCUT2D eigenvalue weighted by Gasteiger charge is 2.11. The molecule has 1 rings (SSSR count). The van der Waals surface area contributed by atoms with E-state index in [0.717, 1.165) is 10.0 Å². The number of benzene rings is 1. The SMILES string of the molecule is N#CC[C@H](N)c1cc(Br)c(Cl)cc1N. The largest absolute Gasteiger partial charge is 0.398 e. The highest BCUT2D eigenvalue weighted by Crippen LogP contribution is 2.31. The topological polar surface area (TPSA) is 75.8 Å². The third-order valence-corrected chi connectivity index (χ3v) is 3.03. The van der Waals surface area contributed by atoms with Crippen molar-refractivity contribution >= 4 is 33.2 Å². The highest BCUT2D eigenvalue weighted by atomic mass is 79.9. The number of anilines is 1. The second-order valence-electron chi connectivity index (χ2n) is 2.86. The Morgan fingerprint density at radius 1 is 1.57 bits per heavy atom. The minimum atomic E-state index is -0.367. The molecule has 0 aliphatic carbocycles. The number of nitrogens with two attached hydrogens (primary N) is 2. The fourth-order valence-electron chi connectivity index (χ4n) is 1.11. The van der Waals surface area contributed by atoms with Crippen molar-refractivity contribution in [1.82, 2.24) is 0 Å². The summed E-state index contributed by atoms with van der Waals surface area (Å²) in [7, 11) is 0. The van der Waals surface area contributed by atoms with Crippen molar-refractivity contribution < 1.29 is 0 Å². The van der Waals surface area contributed by atoms with Gasteiger partial charge in [0, 0.05) is 16.2 Å². The Labute approximate surface area is 95.8 Å². The van der Waals surface area contributed by atoms with Gasteiger partial charge in [-0.3, -0.25) is 0 Å². The zero-order valence-electron chi connectivity index (χ0n) is 7.30. The number of hydrogen-bond acceptors (Lipinski definition) is 3. The van der Waals surface area contributed by atoms with E-state index in [1.807, 2.05) is 6.07 Å². The second-order valence-corrected chi connectivity index (χ2v) is 4.13. The molecule has 0 unspecified atom stereocenters. The maximum atomic E-state index is 8.50. The van der Waals surface area contributed by atoms with Crippen molar-refractivity contribution in [3.63, 3.8) is 0 Å². The summed E-state index contributed by atoms with van der Waals surface area (Å²) >= 11 is 9.11. The van der Waals surface area contributed by atoms with Crippen molar-refractivity contribution in [2.45, 2.75) is 12.5 Å². The van der Waals surface area contributed by atoms with Gasteiger partial charge in [0.1, 0.15) is 0 Å². The van der Waals surface area contributed by atoms with Crippen LogP contribution in [0, 0.1) is 11.3 Å². The standard InChI is InChI=1S/C9H9BrClN3/c10-6-3-5(8(13)1-2-12)9(14)4-7(6)11/h3-4,8H,1,13-14H2/t8-/m0/s1. The molecule has 0 heterocycles. The van der Waals surface area contributed by atoms with Gasteiger partial charge in [0.05, 0.1) is 17.5 Å². The Hall–Kier alpha value is -0.760. The molecule has 0 spiro atoms. The monoisotopic (exact) mass is 273 g/mol. The summed E-state index contributed by atoms with van der Waals surface area (Å²) < 4.78 is 0.733. The molecule has 3 nitrogen and oxygen atoms in total. The van der Waals surface area contributed by atoms with Crippen molar-refractivity contribution in [3.8, 4) is 6.07 Å². The van der Waals surface area contributed by atoms with Gasteiger partial charge in [0.2, 0.25) is 0 Å². The van der Waals surface area contributed by atoms with E-state index in [-0.39, 0.29) is 12.5 Å². The van der Waals surface area contributed by atoms with Gasteiger partial charge in [-0.2, -0.15) is 5.26 Å². The molecule has 0 aliphatic heterocycles. The number of nitrogens with zero attached hydrogens (tertiary/aromatic N) is 1. The summed E-state index contributed by atoms with van der Waals surface area (Å²) in [6.07, 6.45) is 0.234. The van der Waals surface area contributed by atoms with Gasteiger partial charge in [0.15, 0.2) is 0 Å². The quantitative estimate of drug-likeness (QED) is 0.814. The number of nitrogen functional groups attached to an aromatic ring is 1. The number of nitriles is 1. The van der Waals surface area contributed by atoms with E-state index in [9.17, 15) is 0 Å². The van der Waals surface area contributed by atoms with Crippen LogP contribution in [0.25, 0.3) is 0 Å². The van der Waals surface area contributed by atoms with Crippen molar-refractivity contribution in [2.75, 3.05) is 5.73 Å². The van der Waals surface area contributed by atoms with Crippen LogP contribution in [0.3, 0.4) is 0 Å². The molecule has 1 aromatic carbocycles. The summed E-state index contributed by atoms with van der Waals surface area (Å²) in [6, 6.07) is 5.00. The molecule has 74 valence electrons. The van der Waals surface area contributed by atoms with Gasteiger partial charge in [-0.05, 0) is 33.6 Å². The van der Waals surface area contributed by atoms with Gasteiger partial charge in [0.25, 0.3) is 0 Å². The summed E-state index contributed by atoms with van der Waals surface area (Å²) in [5.41, 5.74) is 12.7. The zero-order chi connectivity index (χ0) is 10.7. The molecule has 5 heteroatoms. The maximum Gasteiger partial charge on any atom is 0.0641 e. The van der Waals surface area contributed by atoms with E-state index in [1.165, 1.54) is 0 Å². The molecule has 0 aromatic heterocycles. The van der Waals surface area contributed by atoms with Crippen LogP contribution in [0.2, 0.25) is 5.02 Å². The first-order valence-electron chi connectivity index (χ1n) is 3.93. The van der Waals surface area contributed by atoms with Crippen LogP contribution >= 0.6 is 27.5 Å². The van der Waals surface area contributed by atoms with E-state index in [1.54, 1.807) is 12.1 Å². The van der Waals surface area contributed by atoms with Crippen LogP contribution in [0.5, 0.6) is 0 Å². The summed E-state index contributed by atoms with van der Waals surface area (Å²) in [6.45, 7) is 0. The molecule has 14 heavy (non-hydrogen) atoms. The first-order valence-corrected chi connectivity index (χ1v) is 5.10. The Balaban J connectivity index is 3.10. The van der Waals surface area contributed by atoms with E-state index in [0.29, 0.717) is 10.7 Å². The Kier molecular flexibility index (Phi) is 3.76. The molecule has 0 radical (unpaired) electrons. The fourth-order valence-corrected chi connectivity index (χ4v) is 1.64. The number of halogens is 2. The van der Waals surface area contributed by atoms with Crippen molar-refractivity contribution in [1.29, 1.82) is 5.26 Å². The Morgan fingerprint density at radius 3 is 2.79 bits per heavy atom. The molecule has 1 aromatic rings. The van der Waals surface area contributed by atoms with Crippen LogP contribution in [0.15, 0.2) is 16.6 Å². The molecule has 1 atom stereocenters. The number of rotatable bonds is 2. The van der Waals surface area contributed by atoms with Crippen molar-refractivity contribution in [2.24, 2.45) is 5.73 Å². The average molecular weight is 275 g/mol. The molecule has 4 N–H and O–H groups in total. The fraction of sp³-hybridized carbons (Fsp3) is 0.222. The molecule has 0 fully saturated rings. The molecule has 0 amide bonds. The van der Waals surface area contributed by atoms with Crippen molar-refractivity contribution in [3.05, 3.63) is 27.2 Å². The van der Waals surface area contributed by atoms with Gasteiger partial charge in [-0.25, -0.2) is 0 Å². The van der Waals surface area contributed by atoms with Crippen LogP contribution in [0.1, 0.15) is 18.0 Å². The molecular weight excluding hydrogens is 265 g/mol. The number of hydrogen-bond donors (Lipinski definition) is 2. The minimum Gasteiger partial charge on any atom is -0.398 e. The lowest BCUT2D eigenvalue weighted by Crippen LogP contribution is -2.11. The molecule has 0 saturated heterocycles. The smallest absolute Gasteiger partial charge is 0.0641 e. The average Bonchev–Trinajstić information content (AvgIpc) is 2.11. The summed E-state index contributed by atoms with van der Waals surface area (Å²) in [4.78, 5) is 0. The molecule has 0 aliphatic rings. The van der Waals surface area contributed by atoms with E-state index in [4.69, 9.17) is 28.3 Å². The van der Waals surface area contributed by atoms with E-state index < -0.39 is 0 Å². The maximum absolute atomic E-state index is 8.50. The molecular formula is C9H9BrClN3. The first-order chi connectivity index (χ1) is 6.56. The van der Waals surface area contributed by atoms with E-state index >= 15 is 0 Å². The molecule has 0 bridgehead atoms.